The lowest BCUT2D eigenvalue weighted by Crippen LogP contribution is -2.51. The van der Waals surface area contributed by atoms with Crippen molar-refractivity contribution in [2.75, 3.05) is 7.05 Å². The van der Waals surface area contributed by atoms with Gasteiger partial charge in [0.25, 0.3) is 5.91 Å². The van der Waals surface area contributed by atoms with Crippen LogP contribution in [-0.2, 0) is 9.63 Å². The zero-order chi connectivity index (χ0) is 10.6. The standard InChI is InChI=1S/C10H20N2O2/c1-10(2,11-3)9(13)12-14-8-6-4-5-7-8/h8,11H,4-7H2,1-3H3,(H,12,13). The van der Waals surface area contributed by atoms with Gasteiger partial charge >= 0.3 is 0 Å². The normalized spacial score (nSPS) is 18.5. The summed E-state index contributed by atoms with van der Waals surface area (Å²) in [6.45, 7) is 3.64. The number of rotatable bonds is 4. The molecular weight excluding hydrogens is 180 g/mol. The average molecular weight is 200 g/mol. The zero-order valence-corrected chi connectivity index (χ0v) is 9.22. The first-order valence-corrected chi connectivity index (χ1v) is 5.21. The highest BCUT2D eigenvalue weighted by Gasteiger charge is 2.26. The fraction of sp³-hybridized carbons (Fsp3) is 0.900. The number of hydrogen-bond donors (Lipinski definition) is 2. The maximum absolute atomic E-state index is 11.6. The van der Waals surface area contributed by atoms with Crippen molar-refractivity contribution in [2.24, 2.45) is 0 Å². The molecule has 82 valence electrons. The van der Waals surface area contributed by atoms with Gasteiger partial charge in [0.05, 0.1) is 11.6 Å². The third-order valence-corrected chi connectivity index (χ3v) is 2.81. The SMILES string of the molecule is CNC(C)(C)C(=O)NOC1CCCC1. The second-order valence-corrected chi connectivity index (χ2v) is 4.33. The Balaban J connectivity index is 2.26. The Hall–Kier alpha value is -0.610. The fourth-order valence-electron chi connectivity index (χ4n) is 1.38. The summed E-state index contributed by atoms with van der Waals surface area (Å²) >= 11 is 0. The highest BCUT2D eigenvalue weighted by atomic mass is 16.7. The summed E-state index contributed by atoms with van der Waals surface area (Å²) in [6.07, 6.45) is 4.73. The van der Waals surface area contributed by atoms with Gasteiger partial charge in [0.1, 0.15) is 0 Å². The molecule has 1 aliphatic rings. The summed E-state index contributed by atoms with van der Waals surface area (Å²) in [5.41, 5.74) is 1.94. The van der Waals surface area contributed by atoms with Crippen LogP contribution in [0, 0.1) is 0 Å². The molecule has 0 atom stereocenters. The van der Waals surface area contributed by atoms with Gasteiger partial charge in [0.2, 0.25) is 0 Å². The molecule has 0 aromatic carbocycles. The summed E-state index contributed by atoms with van der Waals surface area (Å²) in [5, 5.41) is 2.92. The quantitative estimate of drug-likeness (QED) is 0.665. The van der Waals surface area contributed by atoms with Crippen LogP contribution in [0.1, 0.15) is 39.5 Å². The number of amides is 1. The minimum atomic E-state index is -0.571. The van der Waals surface area contributed by atoms with Crippen LogP contribution in [0.25, 0.3) is 0 Å². The first-order chi connectivity index (χ1) is 6.56. The lowest BCUT2D eigenvalue weighted by atomic mass is 10.1. The number of carbonyl (C=O) groups excluding carboxylic acids is 1. The van der Waals surface area contributed by atoms with Crippen LogP contribution in [0.2, 0.25) is 0 Å². The summed E-state index contributed by atoms with van der Waals surface area (Å²) < 4.78 is 0. The van der Waals surface area contributed by atoms with Gasteiger partial charge in [-0.05, 0) is 33.7 Å². The van der Waals surface area contributed by atoms with E-state index in [-0.39, 0.29) is 12.0 Å². The van der Waals surface area contributed by atoms with Crippen molar-refractivity contribution in [1.29, 1.82) is 0 Å². The second-order valence-electron chi connectivity index (χ2n) is 4.33. The van der Waals surface area contributed by atoms with E-state index in [9.17, 15) is 4.79 Å². The van der Waals surface area contributed by atoms with Crippen molar-refractivity contribution in [3.63, 3.8) is 0 Å². The lowest BCUT2D eigenvalue weighted by molar-refractivity contribution is -0.143. The molecule has 14 heavy (non-hydrogen) atoms. The van der Waals surface area contributed by atoms with Gasteiger partial charge in [-0.3, -0.25) is 9.63 Å². The monoisotopic (exact) mass is 200 g/mol. The molecular formula is C10H20N2O2. The molecule has 0 aliphatic heterocycles. The summed E-state index contributed by atoms with van der Waals surface area (Å²) in [5.74, 6) is -0.119. The maximum Gasteiger partial charge on any atom is 0.263 e. The Morgan fingerprint density at radius 3 is 2.43 bits per heavy atom. The van der Waals surface area contributed by atoms with E-state index in [0.717, 1.165) is 12.8 Å². The molecule has 0 radical (unpaired) electrons. The molecule has 1 saturated carbocycles. The topological polar surface area (TPSA) is 50.4 Å². The van der Waals surface area contributed by atoms with Gasteiger partial charge in [-0.15, -0.1) is 0 Å². The predicted octanol–water partition coefficient (Wildman–Crippen LogP) is 0.975. The summed E-state index contributed by atoms with van der Waals surface area (Å²) in [7, 11) is 1.76. The van der Waals surface area contributed by atoms with Gasteiger partial charge in [-0.25, -0.2) is 5.48 Å². The molecule has 4 heteroatoms. The van der Waals surface area contributed by atoms with Crippen LogP contribution < -0.4 is 10.8 Å². The smallest absolute Gasteiger partial charge is 0.263 e. The Morgan fingerprint density at radius 1 is 1.36 bits per heavy atom. The predicted molar refractivity (Wildman–Crippen MR) is 54.6 cm³/mol. The molecule has 0 aromatic heterocycles. The van der Waals surface area contributed by atoms with Crippen molar-refractivity contribution in [3.8, 4) is 0 Å². The molecule has 1 amide bonds. The third kappa shape index (κ3) is 2.96. The summed E-state index contributed by atoms with van der Waals surface area (Å²) in [4.78, 5) is 16.9. The molecule has 0 heterocycles. The van der Waals surface area contributed by atoms with E-state index in [1.54, 1.807) is 7.05 Å². The highest BCUT2D eigenvalue weighted by Crippen LogP contribution is 2.20. The molecule has 4 nitrogen and oxygen atoms in total. The van der Waals surface area contributed by atoms with Crippen molar-refractivity contribution >= 4 is 5.91 Å². The van der Waals surface area contributed by atoms with Crippen LogP contribution in [0.15, 0.2) is 0 Å². The minimum Gasteiger partial charge on any atom is -0.307 e. The second kappa shape index (κ2) is 4.75. The largest absolute Gasteiger partial charge is 0.307 e. The van der Waals surface area contributed by atoms with E-state index in [1.807, 2.05) is 13.8 Å². The van der Waals surface area contributed by atoms with Crippen LogP contribution in [0.5, 0.6) is 0 Å². The van der Waals surface area contributed by atoms with Crippen molar-refractivity contribution < 1.29 is 9.63 Å². The van der Waals surface area contributed by atoms with E-state index in [0.29, 0.717) is 0 Å². The highest BCUT2D eigenvalue weighted by molar-refractivity contribution is 5.84. The molecule has 0 unspecified atom stereocenters. The number of nitrogens with one attached hydrogen (secondary N) is 2. The molecule has 2 N–H and O–H groups in total. The first-order valence-electron chi connectivity index (χ1n) is 5.21. The van der Waals surface area contributed by atoms with E-state index in [4.69, 9.17) is 4.84 Å². The number of hydroxylamine groups is 1. The third-order valence-electron chi connectivity index (χ3n) is 2.81. The summed E-state index contributed by atoms with van der Waals surface area (Å²) in [6, 6.07) is 0. The number of likely N-dealkylation sites (N-methyl/N-ethyl adjacent to an activating group) is 1. The van der Waals surface area contributed by atoms with Crippen molar-refractivity contribution in [1.82, 2.24) is 10.8 Å². The first kappa shape index (κ1) is 11.5. The van der Waals surface area contributed by atoms with Gasteiger partial charge in [-0.1, -0.05) is 12.8 Å². The van der Waals surface area contributed by atoms with Crippen molar-refractivity contribution in [2.45, 2.75) is 51.2 Å². The van der Waals surface area contributed by atoms with Gasteiger partial charge in [-0.2, -0.15) is 0 Å². The zero-order valence-electron chi connectivity index (χ0n) is 9.22. The van der Waals surface area contributed by atoms with E-state index in [1.165, 1.54) is 12.8 Å². The minimum absolute atomic E-state index is 0.119. The molecule has 1 aliphatic carbocycles. The molecule has 1 fully saturated rings. The van der Waals surface area contributed by atoms with Crippen LogP contribution in [-0.4, -0.2) is 24.6 Å². The van der Waals surface area contributed by atoms with Gasteiger partial charge in [0, 0.05) is 0 Å². The van der Waals surface area contributed by atoms with Gasteiger partial charge in [0.15, 0.2) is 0 Å². The lowest BCUT2D eigenvalue weighted by Gasteiger charge is -2.23. The van der Waals surface area contributed by atoms with E-state index >= 15 is 0 Å². The Morgan fingerprint density at radius 2 is 1.93 bits per heavy atom. The molecule has 0 spiro atoms. The van der Waals surface area contributed by atoms with Crippen molar-refractivity contribution in [3.05, 3.63) is 0 Å². The Labute approximate surface area is 85.3 Å². The number of hydrogen-bond acceptors (Lipinski definition) is 3. The average Bonchev–Trinajstić information content (AvgIpc) is 2.66. The van der Waals surface area contributed by atoms with Crippen LogP contribution in [0.3, 0.4) is 0 Å². The molecule has 1 rings (SSSR count). The van der Waals surface area contributed by atoms with Gasteiger partial charge < -0.3 is 5.32 Å². The maximum atomic E-state index is 11.6. The van der Waals surface area contributed by atoms with E-state index < -0.39 is 5.54 Å². The van der Waals surface area contributed by atoms with Crippen LogP contribution in [0.4, 0.5) is 0 Å². The van der Waals surface area contributed by atoms with E-state index in [2.05, 4.69) is 10.8 Å². The number of carbonyl (C=O) groups is 1. The molecule has 0 bridgehead atoms. The molecule has 0 aromatic rings. The Bertz CT molecular complexity index is 198. The Kier molecular flexibility index (Phi) is 3.89. The molecule has 0 saturated heterocycles. The van der Waals surface area contributed by atoms with Crippen LogP contribution >= 0.6 is 0 Å². The fourth-order valence-corrected chi connectivity index (χ4v) is 1.38.